The minimum atomic E-state index is -1.01. The number of hydrogen-bond acceptors (Lipinski definition) is 4. The molecular weight excluding hydrogens is 346 g/mol. The van der Waals surface area contributed by atoms with Crippen LogP contribution >= 0.6 is 0 Å². The average molecular weight is 369 g/mol. The van der Waals surface area contributed by atoms with Crippen LogP contribution < -0.4 is 10.1 Å². The molecule has 3 rings (SSSR count). The summed E-state index contributed by atoms with van der Waals surface area (Å²) in [6.07, 6.45) is 0.825. The monoisotopic (exact) mass is 369 g/mol. The van der Waals surface area contributed by atoms with Gasteiger partial charge in [0.2, 0.25) is 5.91 Å². The molecule has 0 radical (unpaired) electrons. The maximum Gasteiger partial charge on any atom is 0.329 e. The summed E-state index contributed by atoms with van der Waals surface area (Å²) in [5, 5.41) is 11.3. The molecule has 0 aliphatic heterocycles. The molecule has 1 fully saturated rings. The Balaban J connectivity index is 1.39. The van der Waals surface area contributed by atoms with Gasteiger partial charge in [-0.25, -0.2) is 4.79 Å². The molecule has 142 valence electrons. The normalized spacial score (nSPS) is 17.9. The SMILES string of the molecule is O=C(O)COCCNC(=O)C1CC1c1ccc(OCc2ccccc2)cc1. The van der Waals surface area contributed by atoms with Gasteiger partial charge in [0.25, 0.3) is 0 Å². The Morgan fingerprint density at radius 1 is 1.07 bits per heavy atom. The van der Waals surface area contributed by atoms with E-state index in [1.165, 1.54) is 0 Å². The highest BCUT2D eigenvalue weighted by Crippen LogP contribution is 2.47. The zero-order valence-corrected chi connectivity index (χ0v) is 15.0. The molecule has 2 atom stereocenters. The van der Waals surface area contributed by atoms with Gasteiger partial charge in [0.05, 0.1) is 6.61 Å². The van der Waals surface area contributed by atoms with E-state index in [9.17, 15) is 9.59 Å². The minimum Gasteiger partial charge on any atom is -0.489 e. The van der Waals surface area contributed by atoms with E-state index >= 15 is 0 Å². The van der Waals surface area contributed by atoms with Crippen molar-refractivity contribution in [2.45, 2.75) is 18.9 Å². The van der Waals surface area contributed by atoms with Crippen molar-refractivity contribution in [2.24, 2.45) is 5.92 Å². The molecule has 6 heteroatoms. The fourth-order valence-electron chi connectivity index (χ4n) is 2.94. The number of carbonyl (C=O) groups excluding carboxylic acids is 1. The van der Waals surface area contributed by atoms with Crippen LogP contribution in [0, 0.1) is 5.92 Å². The lowest BCUT2D eigenvalue weighted by Gasteiger charge is -2.08. The van der Waals surface area contributed by atoms with E-state index in [4.69, 9.17) is 14.6 Å². The van der Waals surface area contributed by atoms with E-state index in [1.54, 1.807) is 0 Å². The Hall–Kier alpha value is -2.86. The summed E-state index contributed by atoms with van der Waals surface area (Å²) in [6.45, 7) is 0.698. The van der Waals surface area contributed by atoms with Gasteiger partial charge in [-0.05, 0) is 35.6 Å². The molecule has 1 saturated carbocycles. The molecule has 6 nitrogen and oxygen atoms in total. The van der Waals surface area contributed by atoms with E-state index in [2.05, 4.69) is 5.32 Å². The first-order chi connectivity index (χ1) is 13.1. The third-order valence-electron chi connectivity index (χ3n) is 4.45. The summed E-state index contributed by atoms with van der Waals surface area (Å²) in [5.74, 6) is -0.0170. The molecule has 2 aromatic carbocycles. The van der Waals surface area contributed by atoms with Crippen molar-refractivity contribution in [3.8, 4) is 5.75 Å². The van der Waals surface area contributed by atoms with E-state index in [1.807, 2.05) is 54.6 Å². The van der Waals surface area contributed by atoms with Crippen molar-refractivity contribution in [1.29, 1.82) is 0 Å². The maximum atomic E-state index is 12.1. The first-order valence-electron chi connectivity index (χ1n) is 8.97. The van der Waals surface area contributed by atoms with Crippen LogP contribution in [0.15, 0.2) is 54.6 Å². The van der Waals surface area contributed by atoms with Gasteiger partial charge >= 0.3 is 5.97 Å². The number of hydrogen-bond donors (Lipinski definition) is 2. The molecule has 0 bridgehead atoms. The summed E-state index contributed by atoms with van der Waals surface area (Å²) in [7, 11) is 0. The Morgan fingerprint density at radius 3 is 2.52 bits per heavy atom. The number of rotatable bonds is 10. The first-order valence-corrected chi connectivity index (χ1v) is 8.97. The van der Waals surface area contributed by atoms with Crippen molar-refractivity contribution in [2.75, 3.05) is 19.8 Å². The van der Waals surface area contributed by atoms with Crippen LogP contribution in [-0.2, 0) is 20.9 Å². The topological polar surface area (TPSA) is 84.9 Å². The molecule has 2 aromatic rings. The van der Waals surface area contributed by atoms with Crippen LogP contribution in [0.2, 0.25) is 0 Å². The Labute approximate surface area is 158 Å². The molecule has 0 heterocycles. The van der Waals surface area contributed by atoms with Gasteiger partial charge in [0.1, 0.15) is 19.0 Å². The molecule has 1 aliphatic rings. The highest BCUT2D eigenvalue weighted by Gasteiger charge is 2.43. The van der Waals surface area contributed by atoms with E-state index in [0.29, 0.717) is 13.2 Å². The van der Waals surface area contributed by atoms with Crippen molar-refractivity contribution in [3.63, 3.8) is 0 Å². The summed E-state index contributed by atoms with van der Waals surface area (Å²) in [5.41, 5.74) is 2.25. The van der Waals surface area contributed by atoms with Gasteiger partial charge in [0, 0.05) is 12.5 Å². The third-order valence-corrected chi connectivity index (χ3v) is 4.45. The van der Waals surface area contributed by atoms with Gasteiger partial charge < -0.3 is 19.9 Å². The summed E-state index contributed by atoms with van der Waals surface area (Å²) in [4.78, 5) is 22.4. The number of carboxylic acids is 1. The molecule has 27 heavy (non-hydrogen) atoms. The zero-order valence-electron chi connectivity index (χ0n) is 15.0. The quantitative estimate of drug-likeness (QED) is 0.629. The van der Waals surface area contributed by atoms with Gasteiger partial charge in [0.15, 0.2) is 0 Å². The van der Waals surface area contributed by atoms with Crippen LogP contribution in [-0.4, -0.2) is 36.7 Å². The Morgan fingerprint density at radius 2 is 1.81 bits per heavy atom. The molecule has 0 saturated heterocycles. The number of aliphatic carboxylic acids is 1. The molecular formula is C21H23NO5. The second-order valence-electron chi connectivity index (χ2n) is 6.53. The molecule has 1 amide bonds. The number of carbonyl (C=O) groups is 2. The van der Waals surface area contributed by atoms with Crippen molar-refractivity contribution in [1.82, 2.24) is 5.32 Å². The standard InChI is InChI=1S/C21H23NO5/c23-20(24)14-26-11-10-22-21(25)19-12-18(19)16-6-8-17(9-7-16)27-13-15-4-2-1-3-5-15/h1-9,18-19H,10-14H2,(H,22,25)(H,23,24). The first kappa shape index (κ1) is 18.9. The van der Waals surface area contributed by atoms with Crippen molar-refractivity contribution in [3.05, 3.63) is 65.7 Å². The van der Waals surface area contributed by atoms with Gasteiger partial charge in [-0.3, -0.25) is 4.79 Å². The molecule has 0 spiro atoms. The minimum absolute atomic E-state index is 0.0108. The van der Waals surface area contributed by atoms with Crippen LogP contribution in [0.3, 0.4) is 0 Å². The zero-order chi connectivity index (χ0) is 19.1. The number of ether oxygens (including phenoxy) is 2. The molecule has 1 aliphatic carbocycles. The smallest absolute Gasteiger partial charge is 0.329 e. The van der Waals surface area contributed by atoms with Crippen LogP contribution in [0.4, 0.5) is 0 Å². The third kappa shape index (κ3) is 5.82. The fraction of sp³-hybridized carbons (Fsp3) is 0.333. The lowest BCUT2D eigenvalue weighted by molar-refractivity contribution is -0.142. The summed E-state index contributed by atoms with van der Waals surface area (Å²) < 4.78 is 10.7. The average Bonchev–Trinajstić information content (AvgIpc) is 3.48. The second-order valence-corrected chi connectivity index (χ2v) is 6.53. The lowest BCUT2D eigenvalue weighted by Crippen LogP contribution is -2.29. The highest BCUT2D eigenvalue weighted by atomic mass is 16.5. The number of carboxylic acid groups (broad SMARTS) is 1. The van der Waals surface area contributed by atoms with Crippen molar-refractivity contribution < 1.29 is 24.2 Å². The lowest BCUT2D eigenvalue weighted by atomic mass is 10.1. The summed E-state index contributed by atoms with van der Waals surface area (Å²) in [6, 6.07) is 17.9. The highest BCUT2D eigenvalue weighted by molar-refractivity contribution is 5.82. The second kappa shape index (κ2) is 9.19. The molecule has 2 unspecified atom stereocenters. The van der Waals surface area contributed by atoms with E-state index < -0.39 is 5.97 Å². The summed E-state index contributed by atoms with van der Waals surface area (Å²) >= 11 is 0. The Bertz CT molecular complexity index is 760. The number of nitrogens with one attached hydrogen (secondary N) is 1. The van der Waals surface area contributed by atoms with E-state index in [-0.39, 0.29) is 31.0 Å². The number of benzene rings is 2. The van der Waals surface area contributed by atoms with Gasteiger partial charge in [-0.15, -0.1) is 0 Å². The largest absolute Gasteiger partial charge is 0.489 e. The van der Waals surface area contributed by atoms with Crippen LogP contribution in [0.5, 0.6) is 5.75 Å². The predicted octanol–water partition coefficient (Wildman–Crippen LogP) is 2.59. The Kier molecular flexibility index (Phi) is 6.44. The van der Waals surface area contributed by atoms with Crippen LogP contribution in [0.1, 0.15) is 23.5 Å². The van der Waals surface area contributed by atoms with Gasteiger partial charge in [-0.2, -0.15) is 0 Å². The van der Waals surface area contributed by atoms with Crippen molar-refractivity contribution >= 4 is 11.9 Å². The predicted molar refractivity (Wildman–Crippen MR) is 99.5 cm³/mol. The fourth-order valence-corrected chi connectivity index (χ4v) is 2.94. The molecule has 0 aromatic heterocycles. The van der Waals surface area contributed by atoms with Crippen LogP contribution in [0.25, 0.3) is 0 Å². The maximum absolute atomic E-state index is 12.1. The molecule has 2 N–H and O–H groups in total. The number of amides is 1. The van der Waals surface area contributed by atoms with Gasteiger partial charge in [-0.1, -0.05) is 42.5 Å². The van der Waals surface area contributed by atoms with E-state index in [0.717, 1.165) is 23.3 Å².